The van der Waals surface area contributed by atoms with Gasteiger partial charge in [-0.3, -0.25) is 4.79 Å². The van der Waals surface area contributed by atoms with Crippen molar-refractivity contribution >= 4 is 39.2 Å². The van der Waals surface area contributed by atoms with Crippen LogP contribution in [0.25, 0.3) is 21.9 Å². The van der Waals surface area contributed by atoms with E-state index < -0.39 is 0 Å². The van der Waals surface area contributed by atoms with Crippen molar-refractivity contribution < 1.29 is 9.53 Å². The number of carbonyl (C=O) groups excluding carboxylic acids is 1. The first-order valence-electron chi connectivity index (χ1n) is 10.9. The molecule has 7 nitrogen and oxygen atoms in total. The van der Waals surface area contributed by atoms with Crippen LogP contribution in [0.2, 0.25) is 0 Å². The Morgan fingerprint density at radius 2 is 1.94 bits per heavy atom. The molecule has 5 aromatic rings. The first-order chi connectivity index (χ1) is 16.5. The minimum Gasteiger partial charge on any atom is -0.457 e. The fraction of sp³-hybridized carbons (Fsp3) is 0.111. The lowest BCUT2D eigenvalue weighted by atomic mass is 10.1. The van der Waals surface area contributed by atoms with E-state index in [4.69, 9.17) is 4.74 Å². The smallest absolute Gasteiger partial charge is 0.159 e. The van der Waals surface area contributed by atoms with Crippen molar-refractivity contribution in [3.8, 4) is 11.5 Å². The van der Waals surface area contributed by atoms with Gasteiger partial charge in [0.15, 0.2) is 5.78 Å². The molecule has 1 N–H and O–H groups in total. The summed E-state index contributed by atoms with van der Waals surface area (Å²) in [5.41, 5.74) is 5.48. The highest BCUT2D eigenvalue weighted by atomic mass is 16.5. The van der Waals surface area contributed by atoms with Gasteiger partial charge in [-0.15, -0.1) is 0 Å². The Kier molecular flexibility index (Phi) is 5.51. The number of nitrogens with zero attached hydrogens (tertiary/aromatic N) is 4. The number of aromatic nitrogens is 4. The lowest BCUT2D eigenvalue weighted by Crippen LogP contribution is -2.00. The van der Waals surface area contributed by atoms with Gasteiger partial charge in [0.2, 0.25) is 0 Å². The lowest BCUT2D eigenvalue weighted by Gasteiger charge is -2.13. The SMILES string of the molecule is C=CC(=O)Cc1ccc2ncnc(Nc3ccc(Oc4ccc5c(c4)ncn5C)c(C)c3)c2c1. The van der Waals surface area contributed by atoms with Gasteiger partial charge in [0, 0.05) is 30.6 Å². The first kappa shape index (κ1) is 21.3. The third-order valence-electron chi connectivity index (χ3n) is 5.67. The number of benzene rings is 3. The van der Waals surface area contributed by atoms with Crippen molar-refractivity contribution in [2.45, 2.75) is 13.3 Å². The van der Waals surface area contributed by atoms with Crippen molar-refractivity contribution in [1.82, 2.24) is 19.5 Å². The molecule has 0 bridgehead atoms. The molecule has 3 aromatic carbocycles. The number of imidazole rings is 1. The summed E-state index contributed by atoms with van der Waals surface area (Å²) in [6, 6.07) is 17.5. The molecule has 0 aliphatic heterocycles. The Balaban J connectivity index is 1.39. The molecule has 0 saturated heterocycles. The zero-order chi connectivity index (χ0) is 23.7. The number of nitrogens with one attached hydrogen (secondary N) is 1. The minimum absolute atomic E-state index is 0.0286. The molecule has 34 heavy (non-hydrogen) atoms. The predicted octanol–water partition coefficient (Wildman–Crippen LogP) is 5.66. The quantitative estimate of drug-likeness (QED) is 0.323. The molecule has 0 radical (unpaired) electrons. The zero-order valence-corrected chi connectivity index (χ0v) is 18.9. The maximum atomic E-state index is 11.8. The van der Waals surface area contributed by atoms with Gasteiger partial charge in [-0.1, -0.05) is 12.6 Å². The molecular weight excluding hydrogens is 426 g/mol. The van der Waals surface area contributed by atoms with Crippen LogP contribution in [0.5, 0.6) is 11.5 Å². The van der Waals surface area contributed by atoms with Crippen LogP contribution in [0.15, 0.2) is 79.9 Å². The monoisotopic (exact) mass is 449 g/mol. The third kappa shape index (κ3) is 4.23. The molecule has 2 aromatic heterocycles. The number of hydrogen-bond acceptors (Lipinski definition) is 6. The highest BCUT2D eigenvalue weighted by Gasteiger charge is 2.10. The van der Waals surface area contributed by atoms with Gasteiger partial charge in [0.05, 0.1) is 22.9 Å². The Bertz CT molecular complexity index is 1550. The second-order valence-corrected chi connectivity index (χ2v) is 8.13. The molecule has 0 saturated carbocycles. The zero-order valence-electron chi connectivity index (χ0n) is 18.9. The van der Waals surface area contributed by atoms with Crippen LogP contribution >= 0.6 is 0 Å². The molecule has 0 fully saturated rings. The summed E-state index contributed by atoms with van der Waals surface area (Å²) in [6.45, 7) is 5.54. The van der Waals surface area contributed by atoms with Crippen LogP contribution in [0.1, 0.15) is 11.1 Å². The van der Waals surface area contributed by atoms with Gasteiger partial charge in [0.1, 0.15) is 23.6 Å². The van der Waals surface area contributed by atoms with Crippen LogP contribution < -0.4 is 10.1 Å². The maximum absolute atomic E-state index is 11.8. The average Bonchev–Trinajstić information content (AvgIpc) is 3.21. The number of ketones is 1. The fourth-order valence-corrected chi connectivity index (χ4v) is 3.87. The molecular formula is C27H23N5O2. The summed E-state index contributed by atoms with van der Waals surface area (Å²) in [5, 5.41) is 4.22. The molecule has 2 heterocycles. The largest absolute Gasteiger partial charge is 0.457 e. The van der Waals surface area contributed by atoms with Crippen LogP contribution in [0.3, 0.4) is 0 Å². The second kappa shape index (κ2) is 8.78. The number of ether oxygens (including phenoxy) is 1. The molecule has 0 spiro atoms. The summed E-state index contributed by atoms with van der Waals surface area (Å²) in [6.07, 6.45) is 4.95. The fourth-order valence-electron chi connectivity index (χ4n) is 3.87. The minimum atomic E-state index is -0.0286. The van der Waals surface area contributed by atoms with E-state index in [1.807, 2.05) is 73.1 Å². The van der Waals surface area contributed by atoms with Gasteiger partial charge < -0.3 is 14.6 Å². The standard InChI is InChI=1S/C27H23N5O2/c1-4-20(33)12-18-5-8-23-22(13-18)27(29-15-28-23)31-19-6-10-26(17(2)11-19)34-21-7-9-25-24(14-21)30-16-32(25)3/h4-11,13-16H,1,12H2,2-3H3,(H,28,29,31). The van der Waals surface area contributed by atoms with E-state index in [-0.39, 0.29) is 5.78 Å². The van der Waals surface area contributed by atoms with Crippen LogP contribution in [0, 0.1) is 6.92 Å². The number of allylic oxidation sites excluding steroid dienone is 1. The molecule has 7 heteroatoms. The molecule has 0 aliphatic rings. The van der Waals surface area contributed by atoms with Crippen LogP contribution in [-0.2, 0) is 18.3 Å². The molecule has 168 valence electrons. The number of carbonyl (C=O) groups is 1. The average molecular weight is 450 g/mol. The summed E-state index contributed by atoms with van der Waals surface area (Å²) in [4.78, 5) is 24.9. The molecule has 0 unspecified atom stereocenters. The van der Waals surface area contributed by atoms with E-state index in [0.29, 0.717) is 12.2 Å². The molecule has 0 atom stereocenters. The Hall–Kier alpha value is -4.52. The second-order valence-electron chi connectivity index (χ2n) is 8.13. The number of hydrogen-bond donors (Lipinski definition) is 1. The Morgan fingerprint density at radius 1 is 1.06 bits per heavy atom. The van der Waals surface area contributed by atoms with Crippen LogP contribution in [0.4, 0.5) is 11.5 Å². The van der Waals surface area contributed by atoms with Crippen molar-refractivity contribution in [3.05, 3.63) is 91.0 Å². The maximum Gasteiger partial charge on any atom is 0.159 e. The van der Waals surface area contributed by atoms with E-state index in [0.717, 1.165) is 50.2 Å². The third-order valence-corrected chi connectivity index (χ3v) is 5.67. The normalized spacial score (nSPS) is 11.0. The molecule has 0 amide bonds. The number of rotatable bonds is 7. The van der Waals surface area contributed by atoms with Crippen molar-refractivity contribution in [2.24, 2.45) is 7.05 Å². The summed E-state index contributed by atoms with van der Waals surface area (Å²) < 4.78 is 8.10. The predicted molar refractivity (Wildman–Crippen MR) is 134 cm³/mol. The van der Waals surface area contributed by atoms with E-state index in [2.05, 4.69) is 26.8 Å². The lowest BCUT2D eigenvalue weighted by molar-refractivity contribution is -0.114. The van der Waals surface area contributed by atoms with Crippen LogP contribution in [-0.4, -0.2) is 25.3 Å². The molecule has 5 rings (SSSR count). The summed E-state index contributed by atoms with van der Waals surface area (Å²) >= 11 is 0. The van der Waals surface area contributed by atoms with E-state index in [1.165, 1.54) is 12.4 Å². The van der Waals surface area contributed by atoms with Crippen molar-refractivity contribution in [3.63, 3.8) is 0 Å². The summed E-state index contributed by atoms with van der Waals surface area (Å²) in [5.74, 6) is 2.14. The number of anilines is 2. The van der Waals surface area contributed by atoms with Gasteiger partial charge in [0.25, 0.3) is 0 Å². The van der Waals surface area contributed by atoms with Crippen molar-refractivity contribution in [1.29, 1.82) is 0 Å². The first-order valence-corrected chi connectivity index (χ1v) is 10.9. The van der Waals surface area contributed by atoms with E-state index in [9.17, 15) is 4.79 Å². The topological polar surface area (TPSA) is 81.9 Å². The Morgan fingerprint density at radius 3 is 2.76 bits per heavy atom. The van der Waals surface area contributed by atoms with Gasteiger partial charge in [-0.05, 0) is 66.6 Å². The molecule has 0 aliphatic carbocycles. The number of fused-ring (bicyclic) bond motifs is 2. The highest BCUT2D eigenvalue weighted by molar-refractivity contribution is 5.94. The van der Waals surface area contributed by atoms with Gasteiger partial charge >= 0.3 is 0 Å². The number of aryl methyl sites for hydroxylation is 2. The van der Waals surface area contributed by atoms with E-state index in [1.54, 1.807) is 6.33 Å². The van der Waals surface area contributed by atoms with E-state index >= 15 is 0 Å². The summed E-state index contributed by atoms with van der Waals surface area (Å²) in [7, 11) is 1.97. The van der Waals surface area contributed by atoms with Gasteiger partial charge in [-0.2, -0.15) is 0 Å². The van der Waals surface area contributed by atoms with Crippen molar-refractivity contribution in [2.75, 3.05) is 5.32 Å². The Labute approximate surface area is 196 Å². The van der Waals surface area contributed by atoms with Gasteiger partial charge in [-0.25, -0.2) is 15.0 Å². The highest BCUT2D eigenvalue weighted by Crippen LogP contribution is 2.31.